The van der Waals surface area contributed by atoms with Gasteiger partial charge in [0.25, 0.3) is 0 Å². The number of fused-ring (bicyclic) bond motifs is 1. The molecule has 0 radical (unpaired) electrons. The third-order valence-electron chi connectivity index (χ3n) is 2.81. The third-order valence-corrected chi connectivity index (χ3v) is 3.89. The summed E-state index contributed by atoms with van der Waals surface area (Å²) < 4.78 is 0. The van der Waals surface area contributed by atoms with Crippen LogP contribution in [0.4, 0.5) is 5.69 Å². The second-order valence-corrected chi connectivity index (χ2v) is 5.36. The molecular formula is C13H19N3OS. The van der Waals surface area contributed by atoms with Crippen molar-refractivity contribution in [2.75, 3.05) is 24.2 Å². The predicted molar refractivity (Wildman–Crippen MR) is 75.8 cm³/mol. The molecule has 0 atom stereocenters. The van der Waals surface area contributed by atoms with Gasteiger partial charge in [-0.2, -0.15) is 0 Å². The molecule has 0 spiro atoms. The van der Waals surface area contributed by atoms with E-state index >= 15 is 0 Å². The third kappa shape index (κ3) is 3.73. The summed E-state index contributed by atoms with van der Waals surface area (Å²) >= 11 is 1.59. The zero-order valence-electron chi connectivity index (χ0n) is 10.4. The van der Waals surface area contributed by atoms with Gasteiger partial charge in [-0.15, -0.1) is 11.8 Å². The first kappa shape index (κ1) is 13.4. The van der Waals surface area contributed by atoms with Crippen molar-refractivity contribution in [2.45, 2.75) is 24.3 Å². The van der Waals surface area contributed by atoms with Crippen molar-refractivity contribution < 1.29 is 4.79 Å². The van der Waals surface area contributed by atoms with E-state index < -0.39 is 0 Å². The maximum atomic E-state index is 11.3. The van der Waals surface area contributed by atoms with Gasteiger partial charge in [0.1, 0.15) is 0 Å². The van der Waals surface area contributed by atoms with Crippen molar-refractivity contribution >= 4 is 23.4 Å². The molecule has 98 valence electrons. The number of benzene rings is 1. The van der Waals surface area contributed by atoms with E-state index in [1.165, 1.54) is 5.56 Å². The first-order chi connectivity index (χ1) is 8.79. The molecule has 1 aliphatic rings. The summed E-state index contributed by atoms with van der Waals surface area (Å²) in [4.78, 5) is 12.5. The Morgan fingerprint density at radius 2 is 2.28 bits per heavy atom. The highest BCUT2D eigenvalue weighted by Crippen LogP contribution is 2.31. The minimum atomic E-state index is 0.0838. The number of nitrogens with one attached hydrogen (secondary N) is 2. The highest BCUT2D eigenvalue weighted by atomic mass is 32.2. The molecule has 4 nitrogen and oxygen atoms in total. The average molecular weight is 265 g/mol. The zero-order valence-corrected chi connectivity index (χ0v) is 11.2. The molecule has 0 saturated carbocycles. The Bertz CT molecular complexity index is 423. The van der Waals surface area contributed by atoms with Gasteiger partial charge in [0.15, 0.2) is 0 Å². The van der Waals surface area contributed by atoms with Crippen LogP contribution in [0.2, 0.25) is 0 Å². The maximum absolute atomic E-state index is 11.3. The summed E-state index contributed by atoms with van der Waals surface area (Å²) in [5.41, 5.74) is 7.58. The summed E-state index contributed by atoms with van der Waals surface area (Å²) in [5.74, 6) is 0.601. The van der Waals surface area contributed by atoms with Gasteiger partial charge in [-0.3, -0.25) is 4.79 Å². The minimum absolute atomic E-state index is 0.0838. The number of carbonyl (C=O) groups excluding carboxylic acids is 1. The van der Waals surface area contributed by atoms with Crippen LogP contribution in [0.25, 0.3) is 0 Å². The van der Waals surface area contributed by atoms with Gasteiger partial charge in [-0.1, -0.05) is 6.07 Å². The summed E-state index contributed by atoms with van der Waals surface area (Å²) in [6.07, 6.45) is 2.16. The van der Waals surface area contributed by atoms with Crippen LogP contribution in [0.15, 0.2) is 23.1 Å². The normalized spacial score (nSPS) is 14.2. The van der Waals surface area contributed by atoms with E-state index in [0.29, 0.717) is 5.75 Å². The molecule has 1 aliphatic heterocycles. The van der Waals surface area contributed by atoms with E-state index in [-0.39, 0.29) is 5.91 Å². The van der Waals surface area contributed by atoms with Gasteiger partial charge in [-0.05, 0) is 43.6 Å². The van der Waals surface area contributed by atoms with Gasteiger partial charge in [0.2, 0.25) is 5.91 Å². The lowest BCUT2D eigenvalue weighted by atomic mass is 10.2. The summed E-state index contributed by atoms with van der Waals surface area (Å²) in [5, 5.41) is 6.29. The van der Waals surface area contributed by atoms with E-state index in [2.05, 4.69) is 28.8 Å². The largest absolute Gasteiger partial charge is 0.330 e. The second kappa shape index (κ2) is 6.78. The molecule has 1 aromatic carbocycles. The summed E-state index contributed by atoms with van der Waals surface area (Å²) in [7, 11) is 0. The molecule has 1 heterocycles. The molecule has 4 N–H and O–H groups in total. The SMILES string of the molecule is NCCCCNCc1ccc2c(c1)NC(=O)CS2. The van der Waals surface area contributed by atoms with Gasteiger partial charge in [-0.25, -0.2) is 0 Å². The molecule has 0 unspecified atom stereocenters. The van der Waals surface area contributed by atoms with Gasteiger partial charge in [0, 0.05) is 11.4 Å². The molecule has 0 aromatic heterocycles. The molecule has 0 bridgehead atoms. The van der Waals surface area contributed by atoms with E-state index in [1.807, 2.05) is 0 Å². The predicted octanol–water partition coefficient (Wildman–Crippen LogP) is 1.56. The number of rotatable bonds is 6. The van der Waals surface area contributed by atoms with Crippen molar-refractivity contribution in [1.29, 1.82) is 0 Å². The number of carbonyl (C=O) groups is 1. The van der Waals surface area contributed by atoms with Crippen LogP contribution in [0.3, 0.4) is 0 Å². The number of anilines is 1. The van der Waals surface area contributed by atoms with Crippen LogP contribution in [0, 0.1) is 0 Å². The van der Waals surface area contributed by atoms with Crippen molar-refractivity contribution in [3.05, 3.63) is 23.8 Å². The molecule has 1 aromatic rings. The molecule has 0 saturated heterocycles. The second-order valence-electron chi connectivity index (χ2n) is 4.34. The number of nitrogens with two attached hydrogens (primary N) is 1. The van der Waals surface area contributed by atoms with Crippen LogP contribution < -0.4 is 16.4 Å². The topological polar surface area (TPSA) is 67.2 Å². The molecule has 5 heteroatoms. The molecule has 0 fully saturated rings. The van der Waals surface area contributed by atoms with E-state index in [0.717, 1.165) is 43.1 Å². The maximum Gasteiger partial charge on any atom is 0.234 e. The number of thioether (sulfide) groups is 1. The van der Waals surface area contributed by atoms with Crippen LogP contribution in [0.5, 0.6) is 0 Å². The van der Waals surface area contributed by atoms with Gasteiger partial charge < -0.3 is 16.4 Å². The Hall–Kier alpha value is -1.04. The van der Waals surface area contributed by atoms with Crippen LogP contribution >= 0.6 is 11.8 Å². The number of hydrogen-bond donors (Lipinski definition) is 3. The van der Waals surface area contributed by atoms with Crippen LogP contribution in [0.1, 0.15) is 18.4 Å². The molecule has 18 heavy (non-hydrogen) atoms. The van der Waals surface area contributed by atoms with Crippen LogP contribution in [-0.2, 0) is 11.3 Å². The number of unbranched alkanes of at least 4 members (excludes halogenated alkanes) is 1. The molecule has 2 rings (SSSR count). The smallest absolute Gasteiger partial charge is 0.234 e. The standard InChI is InChI=1S/C13H19N3OS/c14-5-1-2-6-15-8-10-3-4-12-11(7-10)16-13(17)9-18-12/h3-4,7,15H,1-2,5-6,8-9,14H2,(H,16,17). The van der Waals surface area contributed by atoms with Crippen molar-refractivity contribution in [2.24, 2.45) is 5.73 Å². The lowest BCUT2D eigenvalue weighted by Crippen LogP contribution is -2.20. The monoisotopic (exact) mass is 265 g/mol. The lowest BCUT2D eigenvalue weighted by molar-refractivity contribution is -0.113. The van der Waals surface area contributed by atoms with E-state index in [4.69, 9.17) is 5.73 Å². The van der Waals surface area contributed by atoms with Crippen molar-refractivity contribution in [3.63, 3.8) is 0 Å². The quantitative estimate of drug-likeness (QED) is 0.683. The van der Waals surface area contributed by atoms with Gasteiger partial charge in [0.05, 0.1) is 11.4 Å². The van der Waals surface area contributed by atoms with E-state index in [1.54, 1.807) is 11.8 Å². The molecule has 0 aliphatic carbocycles. The fraction of sp³-hybridized carbons (Fsp3) is 0.462. The summed E-state index contributed by atoms with van der Waals surface area (Å²) in [6, 6.07) is 6.24. The van der Waals surface area contributed by atoms with Crippen molar-refractivity contribution in [3.8, 4) is 0 Å². The lowest BCUT2D eigenvalue weighted by Gasteiger charge is -2.17. The Balaban J connectivity index is 1.86. The fourth-order valence-corrected chi connectivity index (χ4v) is 2.66. The highest BCUT2D eigenvalue weighted by molar-refractivity contribution is 8.00. The van der Waals surface area contributed by atoms with Crippen LogP contribution in [-0.4, -0.2) is 24.7 Å². The Kier molecular flexibility index (Phi) is 5.04. The molecular weight excluding hydrogens is 246 g/mol. The zero-order chi connectivity index (χ0) is 12.8. The van der Waals surface area contributed by atoms with E-state index in [9.17, 15) is 4.79 Å². The Morgan fingerprint density at radius 3 is 3.11 bits per heavy atom. The Morgan fingerprint density at radius 1 is 1.39 bits per heavy atom. The minimum Gasteiger partial charge on any atom is -0.330 e. The number of amides is 1. The van der Waals surface area contributed by atoms with Gasteiger partial charge >= 0.3 is 0 Å². The number of hydrogen-bond acceptors (Lipinski definition) is 4. The average Bonchev–Trinajstić information content (AvgIpc) is 2.38. The van der Waals surface area contributed by atoms with Crippen molar-refractivity contribution in [1.82, 2.24) is 5.32 Å². The fourth-order valence-electron chi connectivity index (χ4n) is 1.87. The molecule has 1 amide bonds. The first-order valence-electron chi connectivity index (χ1n) is 6.26. The Labute approximate surface area is 112 Å². The summed E-state index contributed by atoms with van der Waals surface area (Å²) in [6.45, 7) is 2.57. The first-order valence-corrected chi connectivity index (χ1v) is 7.24. The highest BCUT2D eigenvalue weighted by Gasteiger charge is 2.14.